The lowest BCUT2D eigenvalue weighted by molar-refractivity contribution is -0.112. The molecule has 0 saturated heterocycles. The average molecular weight is 453 g/mol. The molecule has 2 aromatic heterocycles. The zero-order valence-corrected chi connectivity index (χ0v) is 17.8. The van der Waals surface area contributed by atoms with E-state index in [-0.39, 0.29) is 5.57 Å². The number of hydrogen-bond donors (Lipinski definition) is 2. The second-order valence-electron chi connectivity index (χ2n) is 6.46. The zero-order valence-electron chi connectivity index (χ0n) is 15.4. The van der Waals surface area contributed by atoms with Gasteiger partial charge in [0.2, 0.25) is 0 Å². The number of para-hydroxylation sites is 1. The van der Waals surface area contributed by atoms with Crippen LogP contribution in [0.15, 0.2) is 60.4 Å². The van der Waals surface area contributed by atoms with E-state index in [1.807, 2.05) is 36.4 Å². The molecule has 5 nitrogen and oxygen atoms in total. The van der Waals surface area contributed by atoms with Gasteiger partial charge in [0, 0.05) is 50.2 Å². The summed E-state index contributed by atoms with van der Waals surface area (Å²) in [6, 6.07) is 15.0. The van der Waals surface area contributed by atoms with E-state index in [9.17, 15) is 10.1 Å². The van der Waals surface area contributed by atoms with E-state index < -0.39 is 5.91 Å². The highest BCUT2D eigenvalue weighted by molar-refractivity contribution is 7.15. The van der Waals surface area contributed by atoms with Crippen LogP contribution >= 0.6 is 34.5 Å². The van der Waals surface area contributed by atoms with E-state index in [1.165, 1.54) is 11.3 Å². The Morgan fingerprint density at radius 1 is 1.27 bits per heavy atom. The highest BCUT2D eigenvalue weighted by Crippen LogP contribution is 2.27. The van der Waals surface area contributed by atoms with Crippen molar-refractivity contribution in [2.75, 3.05) is 5.32 Å². The van der Waals surface area contributed by atoms with Crippen LogP contribution in [0.2, 0.25) is 10.0 Å². The first-order valence-electron chi connectivity index (χ1n) is 8.91. The maximum atomic E-state index is 12.6. The molecule has 148 valence electrons. The summed E-state index contributed by atoms with van der Waals surface area (Å²) >= 11 is 13.5. The van der Waals surface area contributed by atoms with Gasteiger partial charge in [0.25, 0.3) is 5.91 Å². The van der Waals surface area contributed by atoms with Gasteiger partial charge in [0.15, 0.2) is 5.13 Å². The number of benzene rings is 2. The van der Waals surface area contributed by atoms with Crippen LogP contribution in [0.5, 0.6) is 0 Å². The fraction of sp³-hybridized carbons (Fsp3) is 0.0455. The summed E-state index contributed by atoms with van der Waals surface area (Å²) < 4.78 is 0. The monoisotopic (exact) mass is 452 g/mol. The van der Waals surface area contributed by atoms with E-state index in [4.69, 9.17) is 23.2 Å². The molecule has 4 rings (SSSR count). The van der Waals surface area contributed by atoms with Crippen molar-refractivity contribution < 1.29 is 4.79 Å². The van der Waals surface area contributed by atoms with E-state index in [0.29, 0.717) is 21.6 Å². The van der Waals surface area contributed by atoms with Gasteiger partial charge in [-0.05, 0) is 29.8 Å². The second-order valence-corrected chi connectivity index (χ2v) is 8.42. The molecule has 4 aromatic rings. The van der Waals surface area contributed by atoms with Gasteiger partial charge in [-0.3, -0.25) is 10.1 Å². The number of H-pyrrole nitrogens is 1. The molecule has 8 heteroatoms. The van der Waals surface area contributed by atoms with Gasteiger partial charge in [-0.15, -0.1) is 11.3 Å². The number of hydrogen-bond acceptors (Lipinski definition) is 4. The molecule has 2 N–H and O–H groups in total. The number of nitriles is 1. The lowest BCUT2D eigenvalue weighted by atomic mass is 10.1. The number of thiazole rings is 1. The van der Waals surface area contributed by atoms with Gasteiger partial charge in [-0.25, -0.2) is 4.98 Å². The molecule has 0 saturated carbocycles. The first-order valence-corrected chi connectivity index (χ1v) is 10.5. The van der Waals surface area contributed by atoms with Crippen molar-refractivity contribution in [2.24, 2.45) is 0 Å². The lowest BCUT2D eigenvalue weighted by Crippen LogP contribution is -2.13. The van der Waals surface area contributed by atoms with Crippen molar-refractivity contribution in [3.05, 3.63) is 86.5 Å². The number of carbonyl (C=O) groups excluding carboxylic acids is 1. The Kier molecular flexibility index (Phi) is 5.86. The van der Waals surface area contributed by atoms with Crippen LogP contribution in [0.1, 0.15) is 16.0 Å². The maximum absolute atomic E-state index is 12.6. The van der Waals surface area contributed by atoms with E-state index in [1.54, 1.807) is 30.6 Å². The van der Waals surface area contributed by atoms with Crippen LogP contribution in [0.4, 0.5) is 5.13 Å². The van der Waals surface area contributed by atoms with Crippen molar-refractivity contribution in [2.45, 2.75) is 6.42 Å². The first-order chi connectivity index (χ1) is 14.5. The van der Waals surface area contributed by atoms with Crippen molar-refractivity contribution in [1.29, 1.82) is 5.26 Å². The Bertz CT molecular complexity index is 1320. The molecule has 0 unspecified atom stereocenters. The summed E-state index contributed by atoms with van der Waals surface area (Å²) in [5.74, 6) is -0.506. The number of rotatable bonds is 5. The number of amides is 1. The van der Waals surface area contributed by atoms with Gasteiger partial charge >= 0.3 is 0 Å². The number of aromatic nitrogens is 2. The standard InChI is InChI=1S/C22H14Cl2N4OS/c23-16-6-5-13(19(24)9-16)8-17-12-27-22(30-17)28-21(29)14(10-25)7-15-11-26-20-4-2-1-3-18(15)20/h1-7,9,11-12,26H,8H2,(H,27,28,29)/b14-7+. The van der Waals surface area contributed by atoms with Crippen LogP contribution in [-0.4, -0.2) is 15.9 Å². The topological polar surface area (TPSA) is 81.6 Å². The van der Waals surface area contributed by atoms with E-state index >= 15 is 0 Å². The van der Waals surface area contributed by atoms with Crippen LogP contribution in [0.3, 0.4) is 0 Å². The lowest BCUT2D eigenvalue weighted by Gasteiger charge is -2.02. The Morgan fingerprint density at radius 2 is 2.10 bits per heavy atom. The minimum Gasteiger partial charge on any atom is -0.361 e. The zero-order chi connectivity index (χ0) is 21.1. The molecule has 0 fully saturated rings. The molecule has 2 heterocycles. The molecule has 30 heavy (non-hydrogen) atoms. The van der Waals surface area contributed by atoms with Crippen molar-refractivity contribution >= 4 is 62.6 Å². The molecule has 0 spiro atoms. The summed E-state index contributed by atoms with van der Waals surface area (Å²) in [6.45, 7) is 0. The third-order valence-corrected chi connectivity index (χ3v) is 5.94. The van der Waals surface area contributed by atoms with Crippen molar-refractivity contribution in [3.63, 3.8) is 0 Å². The van der Waals surface area contributed by atoms with Gasteiger partial charge < -0.3 is 4.98 Å². The summed E-state index contributed by atoms with van der Waals surface area (Å²) in [7, 11) is 0. The quantitative estimate of drug-likeness (QED) is 0.284. The fourth-order valence-corrected chi connectivity index (χ4v) is 4.29. The number of anilines is 1. The Hall–Kier alpha value is -3.11. The number of fused-ring (bicyclic) bond motifs is 1. The van der Waals surface area contributed by atoms with Gasteiger partial charge in [0.05, 0.1) is 0 Å². The second kappa shape index (κ2) is 8.72. The number of carbonyl (C=O) groups is 1. The van der Waals surface area contributed by atoms with Gasteiger partial charge in [-0.2, -0.15) is 5.26 Å². The summed E-state index contributed by atoms with van der Waals surface area (Å²) in [5, 5.41) is 14.7. The number of nitrogens with one attached hydrogen (secondary N) is 2. The molecule has 0 aliphatic heterocycles. The van der Waals surface area contributed by atoms with Gasteiger partial charge in [0.1, 0.15) is 11.6 Å². The SMILES string of the molecule is N#C/C(=C\c1c[nH]c2ccccc12)C(=O)Nc1ncc(Cc2ccc(Cl)cc2Cl)s1. The van der Waals surface area contributed by atoms with Gasteiger partial charge in [-0.1, -0.05) is 47.5 Å². The highest BCUT2D eigenvalue weighted by atomic mass is 35.5. The minimum atomic E-state index is -0.506. The average Bonchev–Trinajstić information content (AvgIpc) is 3.35. The predicted molar refractivity (Wildman–Crippen MR) is 122 cm³/mol. The molecule has 0 radical (unpaired) electrons. The smallest absolute Gasteiger partial charge is 0.268 e. The third-order valence-electron chi connectivity index (χ3n) is 4.44. The predicted octanol–water partition coefficient (Wildman–Crippen LogP) is 6.07. The van der Waals surface area contributed by atoms with Crippen LogP contribution in [-0.2, 0) is 11.2 Å². The molecule has 0 aliphatic carbocycles. The largest absolute Gasteiger partial charge is 0.361 e. The molecule has 1 amide bonds. The molecular weight excluding hydrogens is 439 g/mol. The fourth-order valence-electron chi connectivity index (χ4n) is 2.98. The maximum Gasteiger partial charge on any atom is 0.268 e. The van der Waals surface area contributed by atoms with Crippen LogP contribution in [0.25, 0.3) is 17.0 Å². The van der Waals surface area contributed by atoms with Crippen molar-refractivity contribution in [1.82, 2.24) is 9.97 Å². The Morgan fingerprint density at radius 3 is 2.90 bits per heavy atom. The Balaban J connectivity index is 1.50. The van der Waals surface area contributed by atoms with E-state index in [2.05, 4.69) is 15.3 Å². The number of nitrogens with zero attached hydrogens (tertiary/aromatic N) is 2. The molecular formula is C22H14Cl2N4OS. The third kappa shape index (κ3) is 4.39. The summed E-state index contributed by atoms with van der Waals surface area (Å²) in [6.07, 6.45) is 5.59. The van der Waals surface area contributed by atoms with E-state index in [0.717, 1.165) is 26.9 Å². The number of aromatic amines is 1. The molecule has 2 aromatic carbocycles. The summed E-state index contributed by atoms with van der Waals surface area (Å²) in [4.78, 5) is 20.9. The summed E-state index contributed by atoms with van der Waals surface area (Å²) in [5.41, 5.74) is 2.62. The van der Waals surface area contributed by atoms with Crippen molar-refractivity contribution in [3.8, 4) is 6.07 Å². The Labute approximate surface area is 186 Å². The van der Waals surface area contributed by atoms with Crippen LogP contribution < -0.4 is 5.32 Å². The highest BCUT2D eigenvalue weighted by Gasteiger charge is 2.14. The first kappa shape index (κ1) is 20.2. The molecule has 0 bridgehead atoms. The normalized spacial score (nSPS) is 11.4. The van der Waals surface area contributed by atoms with Crippen LogP contribution in [0, 0.1) is 11.3 Å². The number of halogens is 2. The molecule has 0 atom stereocenters. The molecule has 0 aliphatic rings. The minimum absolute atomic E-state index is 0.00255.